The fraction of sp³-hybridized carbons (Fsp3) is 0.316. The summed E-state index contributed by atoms with van der Waals surface area (Å²) in [5.74, 6) is 0.378. The molecule has 1 aliphatic rings. The zero-order valence-corrected chi connectivity index (χ0v) is 16.3. The van der Waals surface area contributed by atoms with Crippen molar-refractivity contribution >= 4 is 27.5 Å². The Morgan fingerprint density at radius 1 is 0.963 bits per heavy atom. The first-order chi connectivity index (χ1) is 12.9. The Bertz CT molecular complexity index is 864. The minimum absolute atomic E-state index is 0.0263. The van der Waals surface area contributed by atoms with E-state index in [4.69, 9.17) is 16.3 Å². The van der Waals surface area contributed by atoms with Gasteiger partial charge in [-0.25, -0.2) is 8.42 Å². The van der Waals surface area contributed by atoms with Crippen LogP contribution in [0.5, 0.6) is 5.75 Å². The first-order valence-corrected chi connectivity index (χ1v) is 10.6. The number of benzene rings is 2. The summed E-state index contributed by atoms with van der Waals surface area (Å²) >= 11 is 5.81. The predicted octanol–water partition coefficient (Wildman–Crippen LogP) is 2.39. The normalized spacial score (nSPS) is 15.5. The van der Waals surface area contributed by atoms with E-state index in [1.165, 1.54) is 4.31 Å². The van der Waals surface area contributed by atoms with E-state index in [0.29, 0.717) is 37.0 Å². The van der Waals surface area contributed by atoms with Gasteiger partial charge in [0.15, 0.2) is 6.61 Å². The molecule has 0 atom stereocenters. The highest BCUT2D eigenvalue weighted by molar-refractivity contribution is 7.88. The highest BCUT2D eigenvalue weighted by atomic mass is 35.5. The van der Waals surface area contributed by atoms with Gasteiger partial charge in [0.05, 0.1) is 5.75 Å². The molecule has 144 valence electrons. The number of halogens is 1. The Kier molecular flexibility index (Phi) is 6.36. The number of piperazine rings is 1. The van der Waals surface area contributed by atoms with Crippen LogP contribution >= 0.6 is 11.6 Å². The van der Waals surface area contributed by atoms with Crippen LogP contribution in [0.3, 0.4) is 0 Å². The molecule has 1 aliphatic heterocycles. The van der Waals surface area contributed by atoms with Crippen molar-refractivity contribution in [2.45, 2.75) is 5.75 Å². The molecule has 1 amide bonds. The van der Waals surface area contributed by atoms with E-state index < -0.39 is 10.0 Å². The SMILES string of the molecule is O=C(COc1ccc(Cl)cc1)N1CCN(S(=O)(=O)Cc2ccccc2)CC1. The first kappa shape index (κ1) is 19.7. The van der Waals surface area contributed by atoms with Crippen molar-refractivity contribution in [3.63, 3.8) is 0 Å². The minimum Gasteiger partial charge on any atom is -0.484 e. The van der Waals surface area contributed by atoms with Gasteiger partial charge in [0.2, 0.25) is 10.0 Å². The van der Waals surface area contributed by atoms with Gasteiger partial charge in [-0.3, -0.25) is 4.79 Å². The van der Waals surface area contributed by atoms with Gasteiger partial charge in [-0.15, -0.1) is 0 Å². The molecule has 1 fully saturated rings. The summed E-state index contributed by atoms with van der Waals surface area (Å²) in [5, 5.41) is 0.599. The van der Waals surface area contributed by atoms with Crippen molar-refractivity contribution in [3.8, 4) is 5.75 Å². The van der Waals surface area contributed by atoms with Crippen LogP contribution in [0.2, 0.25) is 5.02 Å². The van der Waals surface area contributed by atoms with Crippen molar-refractivity contribution in [2.75, 3.05) is 32.8 Å². The molecule has 0 bridgehead atoms. The maximum Gasteiger partial charge on any atom is 0.260 e. The van der Waals surface area contributed by atoms with Crippen molar-refractivity contribution in [2.24, 2.45) is 0 Å². The number of hydrogen-bond acceptors (Lipinski definition) is 4. The van der Waals surface area contributed by atoms with Gasteiger partial charge in [0, 0.05) is 31.2 Å². The number of ether oxygens (including phenoxy) is 1. The lowest BCUT2D eigenvalue weighted by Gasteiger charge is -2.34. The van der Waals surface area contributed by atoms with Gasteiger partial charge in [0.1, 0.15) is 5.75 Å². The molecule has 1 saturated heterocycles. The van der Waals surface area contributed by atoms with Crippen LogP contribution in [0.4, 0.5) is 0 Å². The van der Waals surface area contributed by atoms with Gasteiger partial charge in [-0.2, -0.15) is 4.31 Å². The summed E-state index contributed by atoms with van der Waals surface area (Å²) in [6.45, 7) is 1.22. The Balaban J connectivity index is 1.49. The topological polar surface area (TPSA) is 66.9 Å². The molecule has 0 spiro atoms. The number of sulfonamides is 1. The largest absolute Gasteiger partial charge is 0.484 e. The van der Waals surface area contributed by atoms with Crippen LogP contribution < -0.4 is 4.74 Å². The zero-order chi connectivity index (χ0) is 19.3. The molecule has 8 heteroatoms. The third-order valence-electron chi connectivity index (χ3n) is 4.35. The Hall–Kier alpha value is -2.09. The molecule has 1 heterocycles. The quantitative estimate of drug-likeness (QED) is 0.736. The molecule has 0 aliphatic carbocycles. The van der Waals surface area contributed by atoms with Gasteiger partial charge in [-0.05, 0) is 29.8 Å². The molecule has 0 unspecified atom stereocenters. The van der Waals surface area contributed by atoms with E-state index in [-0.39, 0.29) is 18.3 Å². The molecule has 27 heavy (non-hydrogen) atoms. The monoisotopic (exact) mass is 408 g/mol. The third kappa shape index (κ3) is 5.45. The summed E-state index contributed by atoms with van der Waals surface area (Å²) in [5.41, 5.74) is 0.757. The Morgan fingerprint density at radius 2 is 1.59 bits per heavy atom. The second-order valence-corrected chi connectivity index (χ2v) is 8.67. The van der Waals surface area contributed by atoms with Crippen LogP contribution in [-0.4, -0.2) is 56.3 Å². The number of nitrogens with zero attached hydrogens (tertiary/aromatic N) is 2. The number of rotatable bonds is 6. The second kappa shape index (κ2) is 8.73. The maximum atomic E-state index is 12.6. The molecule has 0 saturated carbocycles. The van der Waals surface area contributed by atoms with Gasteiger partial charge < -0.3 is 9.64 Å². The minimum atomic E-state index is -3.39. The number of carbonyl (C=O) groups excluding carboxylic acids is 1. The average Bonchev–Trinajstić information content (AvgIpc) is 2.68. The molecule has 0 N–H and O–H groups in total. The number of carbonyl (C=O) groups is 1. The van der Waals surface area contributed by atoms with Crippen LogP contribution in [0.1, 0.15) is 5.56 Å². The molecule has 3 rings (SSSR count). The van der Waals surface area contributed by atoms with Gasteiger partial charge >= 0.3 is 0 Å². The zero-order valence-electron chi connectivity index (χ0n) is 14.8. The Morgan fingerprint density at radius 3 is 2.22 bits per heavy atom. The first-order valence-electron chi connectivity index (χ1n) is 8.62. The summed E-state index contributed by atoms with van der Waals surface area (Å²) in [7, 11) is -3.39. The van der Waals surface area contributed by atoms with E-state index in [1.807, 2.05) is 18.2 Å². The van der Waals surface area contributed by atoms with Crippen LogP contribution in [0.25, 0.3) is 0 Å². The van der Waals surface area contributed by atoms with Crippen molar-refractivity contribution in [1.29, 1.82) is 0 Å². The second-order valence-electron chi connectivity index (χ2n) is 6.26. The lowest BCUT2D eigenvalue weighted by Crippen LogP contribution is -2.51. The summed E-state index contributed by atoms with van der Waals surface area (Å²) < 4.78 is 32.0. The van der Waals surface area contributed by atoms with Crippen molar-refractivity contribution in [3.05, 3.63) is 65.2 Å². The van der Waals surface area contributed by atoms with Crippen LogP contribution in [-0.2, 0) is 20.6 Å². The lowest BCUT2D eigenvalue weighted by atomic mass is 10.2. The van der Waals surface area contributed by atoms with Gasteiger partial charge in [0.25, 0.3) is 5.91 Å². The number of hydrogen-bond donors (Lipinski definition) is 0. The van der Waals surface area contributed by atoms with Crippen molar-refractivity contribution < 1.29 is 17.9 Å². The fourth-order valence-corrected chi connectivity index (χ4v) is 4.50. The van der Waals surface area contributed by atoms with Gasteiger partial charge in [-0.1, -0.05) is 41.9 Å². The molecular weight excluding hydrogens is 388 g/mol. The molecule has 6 nitrogen and oxygen atoms in total. The van der Waals surface area contributed by atoms with Crippen LogP contribution in [0.15, 0.2) is 54.6 Å². The molecule has 0 radical (unpaired) electrons. The molecule has 0 aromatic heterocycles. The highest BCUT2D eigenvalue weighted by Crippen LogP contribution is 2.16. The van der Waals surface area contributed by atoms with E-state index in [1.54, 1.807) is 41.3 Å². The molecular formula is C19H21ClN2O4S. The highest BCUT2D eigenvalue weighted by Gasteiger charge is 2.29. The van der Waals surface area contributed by atoms with Crippen molar-refractivity contribution in [1.82, 2.24) is 9.21 Å². The van der Waals surface area contributed by atoms with Crippen LogP contribution in [0, 0.1) is 0 Å². The lowest BCUT2D eigenvalue weighted by molar-refractivity contribution is -0.134. The predicted molar refractivity (Wildman–Crippen MR) is 104 cm³/mol. The number of amides is 1. The summed E-state index contributed by atoms with van der Waals surface area (Å²) in [6.07, 6.45) is 0. The Labute approximate surface area is 164 Å². The maximum absolute atomic E-state index is 12.6. The third-order valence-corrected chi connectivity index (χ3v) is 6.45. The van der Waals surface area contributed by atoms with E-state index in [9.17, 15) is 13.2 Å². The fourth-order valence-electron chi connectivity index (χ4n) is 2.86. The average molecular weight is 409 g/mol. The summed E-state index contributed by atoms with van der Waals surface area (Å²) in [6, 6.07) is 15.9. The summed E-state index contributed by atoms with van der Waals surface area (Å²) in [4.78, 5) is 13.9. The van der Waals surface area contributed by atoms with E-state index in [0.717, 1.165) is 5.56 Å². The molecule has 2 aromatic rings. The molecule has 2 aromatic carbocycles. The smallest absolute Gasteiger partial charge is 0.260 e. The van der Waals surface area contributed by atoms with E-state index in [2.05, 4.69) is 0 Å². The van der Waals surface area contributed by atoms with E-state index >= 15 is 0 Å². The standard InChI is InChI=1S/C19H21ClN2O4S/c20-17-6-8-18(9-7-17)26-14-19(23)21-10-12-22(13-11-21)27(24,25)15-16-4-2-1-3-5-16/h1-9H,10-15H2.